The zero-order chi connectivity index (χ0) is 16.5. The van der Waals surface area contributed by atoms with E-state index < -0.39 is 0 Å². The number of methoxy groups -OCH3 is 1. The smallest absolute Gasteiger partial charge is 0.227 e. The molecule has 1 aromatic carbocycles. The van der Waals surface area contributed by atoms with Crippen molar-refractivity contribution < 1.29 is 9.53 Å². The van der Waals surface area contributed by atoms with Gasteiger partial charge in [-0.2, -0.15) is 11.8 Å². The SMILES string of the molecule is COc1cccc2sc(N3CCC(C(=O)N4CCSCC4)C3)nc12. The Kier molecular flexibility index (Phi) is 4.54. The highest BCUT2D eigenvalue weighted by atomic mass is 32.2. The predicted octanol–water partition coefficient (Wildman–Crippen LogP) is 2.71. The summed E-state index contributed by atoms with van der Waals surface area (Å²) in [7, 11) is 1.68. The molecule has 7 heteroatoms. The van der Waals surface area contributed by atoms with Crippen LogP contribution in [0.25, 0.3) is 10.2 Å². The number of carbonyl (C=O) groups excluding carboxylic acids is 1. The maximum Gasteiger partial charge on any atom is 0.227 e. The summed E-state index contributed by atoms with van der Waals surface area (Å²) in [5, 5.41) is 0.999. The van der Waals surface area contributed by atoms with Gasteiger partial charge in [-0.25, -0.2) is 4.98 Å². The molecule has 1 atom stereocenters. The standard InChI is InChI=1S/C17H21N3O2S2/c1-22-13-3-2-4-14-15(13)18-17(24-14)20-6-5-12(11-20)16(21)19-7-9-23-10-8-19/h2-4,12H,5-11H2,1H3. The number of rotatable bonds is 3. The number of carbonyl (C=O) groups is 1. The van der Waals surface area contributed by atoms with E-state index in [0.717, 1.165) is 65.2 Å². The average Bonchev–Trinajstić information content (AvgIpc) is 3.28. The van der Waals surface area contributed by atoms with Gasteiger partial charge in [-0.3, -0.25) is 4.79 Å². The summed E-state index contributed by atoms with van der Waals surface area (Å²) in [6.07, 6.45) is 0.926. The van der Waals surface area contributed by atoms with Gasteiger partial charge in [-0.15, -0.1) is 0 Å². The Morgan fingerprint density at radius 3 is 2.92 bits per heavy atom. The number of thioether (sulfide) groups is 1. The number of amides is 1. The Bertz CT molecular complexity index is 743. The van der Waals surface area contributed by atoms with E-state index in [1.165, 1.54) is 0 Å². The van der Waals surface area contributed by atoms with Crippen LogP contribution in [-0.4, -0.2) is 60.6 Å². The minimum Gasteiger partial charge on any atom is -0.494 e. The van der Waals surface area contributed by atoms with Crippen LogP contribution in [0.1, 0.15) is 6.42 Å². The van der Waals surface area contributed by atoms with Crippen molar-refractivity contribution in [1.82, 2.24) is 9.88 Å². The summed E-state index contributed by atoms with van der Waals surface area (Å²) in [5.74, 6) is 3.39. The molecule has 0 radical (unpaired) electrons. The van der Waals surface area contributed by atoms with Gasteiger partial charge in [0.15, 0.2) is 5.13 Å². The fraction of sp³-hybridized carbons (Fsp3) is 0.529. The first-order chi connectivity index (χ1) is 11.8. The number of hydrogen-bond donors (Lipinski definition) is 0. The highest BCUT2D eigenvalue weighted by Crippen LogP contribution is 2.36. The lowest BCUT2D eigenvalue weighted by molar-refractivity contribution is -0.134. The molecule has 2 aliphatic heterocycles. The molecule has 5 nitrogen and oxygen atoms in total. The lowest BCUT2D eigenvalue weighted by atomic mass is 10.1. The van der Waals surface area contributed by atoms with Crippen LogP contribution in [0.3, 0.4) is 0 Å². The fourth-order valence-electron chi connectivity index (χ4n) is 3.39. The van der Waals surface area contributed by atoms with Crippen molar-refractivity contribution in [2.75, 3.05) is 49.7 Å². The van der Waals surface area contributed by atoms with Crippen molar-refractivity contribution >= 4 is 44.4 Å². The second-order valence-electron chi connectivity index (χ2n) is 6.17. The Morgan fingerprint density at radius 1 is 1.29 bits per heavy atom. The summed E-state index contributed by atoms with van der Waals surface area (Å²) < 4.78 is 6.54. The molecular formula is C17H21N3O2S2. The molecule has 1 unspecified atom stereocenters. The third-order valence-corrected chi connectivity index (χ3v) is 6.75. The Balaban J connectivity index is 1.49. The van der Waals surface area contributed by atoms with E-state index in [2.05, 4.69) is 11.0 Å². The molecule has 24 heavy (non-hydrogen) atoms. The van der Waals surface area contributed by atoms with E-state index in [0.29, 0.717) is 5.91 Å². The molecule has 0 aliphatic carbocycles. The monoisotopic (exact) mass is 363 g/mol. The number of aromatic nitrogens is 1. The van der Waals surface area contributed by atoms with Crippen LogP contribution >= 0.6 is 23.1 Å². The molecule has 0 saturated carbocycles. The van der Waals surface area contributed by atoms with E-state index in [1.54, 1.807) is 18.4 Å². The largest absolute Gasteiger partial charge is 0.494 e. The number of nitrogens with zero attached hydrogens (tertiary/aromatic N) is 3. The number of hydrogen-bond acceptors (Lipinski definition) is 6. The van der Waals surface area contributed by atoms with Crippen LogP contribution in [0.5, 0.6) is 5.75 Å². The van der Waals surface area contributed by atoms with Gasteiger partial charge in [0.1, 0.15) is 11.3 Å². The minimum absolute atomic E-state index is 0.113. The molecular weight excluding hydrogens is 342 g/mol. The van der Waals surface area contributed by atoms with E-state index in [1.807, 2.05) is 28.8 Å². The summed E-state index contributed by atoms with van der Waals surface area (Å²) in [5.41, 5.74) is 0.919. The molecule has 0 bridgehead atoms. The first-order valence-corrected chi connectivity index (χ1v) is 10.3. The van der Waals surface area contributed by atoms with Gasteiger partial charge in [0.2, 0.25) is 5.91 Å². The van der Waals surface area contributed by atoms with Crippen molar-refractivity contribution in [3.05, 3.63) is 18.2 Å². The first-order valence-electron chi connectivity index (χ1n) is 8.31. The van der Waals surface area contributed by atoms with E-state index in [9.17, 15) is 4.79 Å². The highest BCUT2D eigenvalue weighted by molar-refractivity contribution is 7.99. The Labute approximate surface area is 150 Å². The molecule has 1 aromatic heterocycles. The number of para-hydroxylation sites is 1. The third-order valence-electron chi connectivity index (χ3n) is 4.72. The molecule has 2 saturated heterocycles. The van der Waals surface area contributed by atoms with Crippen LogP contribution in [0.4, 0.5) is 5.13 Å². The number of thiazole rings is 1. The summed E-state index contributed by atoms with van der Waals surface area (Å²) in [6, 6.07) is 6.01. The molecule has 3 heterocycles. The van der Waals surface area contributed by atoms with E-state index in [-0.39, 0.29) is 5.92 Å². The predicted molar refractivity (Wildman–Crippen MR) is 100 cm³/mol. The van der Waals surface area contributed by atoms with Gasteiger partial charge in [-0.1, -0.05) is 17.4 Å². The Morgan fingerprint density at radius 2 is 2.12 bits per heavy atom. The molecule has 2 aromatic rings. The number of benzene rings is 1. The molecule has 0 spiro atoms. The van der Waals surface area contributed by atoms with Gasteiger partial charge >= 0.3 is 0 Å². The van der Waals surface area contributed by atoms with Crippen LogP contribution < -0.4 is 9.64 Å². The third kappa shape index (κ3) is 2.95. The number of fused-ring (bicyclic) bond motifs is 1. The molecule has 128 valence electrons. The highest BCUT2D eigenvalue weighted by Gasteiger charge is 2.33. The van der Waals surface area contributed by atoms with Crippen LogP contribution in [0.15, 0.2) is 18.2 Å². The van der Waals surface area contributed by atoms with Crippen molar-refractivity contribution in [3.63, 3.8) is 0 Å². The quantitative estimate of drug-likeness (QED) is 0.839. The van der Waals surface area contributed by atoms with Crippen molar-refractivity contribution in [1.29, 1.82) is 0 Å². The van der Waals surface area contributed by atoms with Gasteiger partial charge in [0.25, 0.3) is 0 Å². The molecule has 0 N–H and O–H groups in total. The number of anilines is 1. The van der Waals surface area contributed by atoms with Crippen LogP contribution in [0.2, 0.25) is 0 Å². The second kappa shape index (κ2) is 6.80. The Hall–Kier alpha value is -1.47. The summed E-state index contributed by atoms with van der Waals surface area (Å²) >= 11 is 3.62. The molecule has 2 aliphatic rings. The lowest BCUT2D eigenvalue weighted by Gasteiger charge is -2.28. The maximum atomic E-state index is 12.7. The molecule has 4 rings (SSSR count). The number of ether oxygens (including phenoxy) is 1. The van der Waals surface area contributed by atoms with Crippen molar-refractivity contribution in [3.8, 4) is 5.75 Å². The van der Waals surface area contributed by atoms with Gasteiger partial charge in [0, 0.05) is 37.7 Å². The maximum absolute atomic E-state index is 12.7. The van der Waals surface area contributed by atoms with Gasteiger partial charge in [0.05, 0.1) is 17.7 Å². The van der Waals surface area contributed by atoms with Crippen molar-refractivity contribution in [2.45, 2.75) is 6.42 Å². The normalized spacial score (nSPS) is 21.5. The summed E-state index contributed by atoms with van der Waals surface area (Å²) in [6.45, 7) is 3.49. The fourth-order valence-corrected chi connectivity index (χ4v) is 5.31. The van der Waals surface area contributed by atoms with Gasteiger partial charge < -0.3 is 14.5 Å². The minimum atomic E-state index is 0.113. The second-order valence-corrected chi connectivity index (χ2v) is 8.41. The van der Waals surface area contributed by atoms with E-state index >= 15 is 0 Å². The average molecular weight is 364 g/mol. The topological polar surface area (TPSA) is 45.7 Å². The zero-order valence-corrected chi connectivity index (χ0v) is 15.4. The van der Waals surface area contributed by atoms with Crippen molar-refractivity contribution in [2.24, 2.45) is 5.92 Å². The van der Waals surface area contributed by atoms with Crippen LogP contribution in [0, 0.1) is 5.92 Å². The van der Waals surface area contributed by atoms with Crippen LogP contribution in [-0.2, 0) is 4.79 Å². The van der Waals surface area contributed by atoms with Gasteiger partial charge in [-0.05, 0) is 18.6 Å². The zero-order valence-electron chi connectivity index (χ0n) is 13.7. The summed E-state index contributed by atoms with van der Waals surface area (Å²) in [4.78, 5) is 21.8. The molecule has 1 amide bonds. The lowest BCUT2D eigenvalue weighted by Crippen LogP contribution is -2.42. The first kappa shape index (κ1) is 16.0. The van der Waals surface area contributed by atoms with E-state index in [4.69, 9.17) is 9.72 Å². The molecule has 2 fully saturated rings.